The number of piperazine rings is 1. The molecule has 0 aromatic heterocycles. The predicted octanol–water partition coefficient (Wildman–Crippen LogP) is 6.11. The lowest BCUT2D eigenvalue weighted by molar-refractivity contribution is -0.144. The summed E-state index contributed by atoms with van der Waals surface area (Å²) in [5.41, 5.74) is 2.86. The Morgan fingerprint density at radius 2 is 1.51 bits per heavy atom. The maximum Gasteiger partial charge on any atom is 0.255 e. The smallest absolute Gasteiger partial charge is 0.255 e. The van der Waals surface area contributed by atoms with Crippen molar-refractivity contribution in [2.75, 3.05) is 93.6 Å². The van der Waals surface area contributed by atoms with Crippen molar-refractivity contribution < 1.29 is 51.4 Å². The Morgan fingerprint density at radius 1 is 0.798 bits per heavy atom. The summed E-state index contributed by atoms with van der Waals surface area (Å²) in [5, 5.41) is 17.6. The summed E-state index contributed by atoms with van der Waals surface area (Å²) < 4.78 is 55.2. The Kier molecular flexibility index (Phi) is 18.3. The number of anilines is 4. The molecule has 0 spiro atoms. The number of fused-ring (bicyclic) bond motifs is 2. The van der Waals surface area contributed by atoms with E-state index in [1.54, 1.807) is 67.4 Å². The molecule has 6 N–H and O–H groups in total. The van der Waals surface area contributed by atoms with Crippen LogP contribution in [0.4, 0.5) is 35.9 Å². The topological polar surface area (TPSA) is 206 Å². The molecule has 84 heavy (non-hydrogen) atoms. The molecule has 10 rings (SSSR count). The van der Waals surface area contributed by atoms with Crippen LogP contribution in [0.25, 0.3) is 0 Å². The fourth-order valence-electron chi connectivity index (χ4n) is 12.1. The van der Waals surface area contributed by atoms with Crippen LogP contribution in [0.5, 0.6) is 0 Å². The number of ether oxygens (including phenoxy) is 2. The molecule has 0 saturated carbocycles. The molecule has 7 atom stereocenters. The average molecular weight is 1160 g/mol. The van der Waals surface area contributed by atoms with Crippen molar-refractivity contribution in [2.24, 2.45) is 5.92 Å². The molecule has 1 unspecified atom stereocenters. The summed E-state index contributed by atoms with van der Waals surface area (Å²) in [6.45, 7) is 12.8. The van der Waals surface area contributed by atoms with Crippen LogP contribution in [0.2, 0.25) is 0 Å². The molecule has 21 heteroatoms. The van der Waals surface area contributed by atoms with Crippen molar-refractivity contribution in [2.45, 2.75) is 95.2 Å². The van der Waals surface area contributed by atoms with Crippen LogP contribution in [-0.2, 0) is 51.8 Å². The SMILES string of the molecule is CN[C@@H](C)C(=O)N[C@H](C(=O)N1Cc2ccc(NC(=O)c3ccc(NC(=O)C4(C)CN(C(=O)CN5C[C@@H](C)NC[C@@H]5CN5CCOC[C@H]5C)c5cc(Cc6ccc(F)cc6)ccc54)cc3)cc2[C@H]1C(=O)Nc1c(F)cccc1F)C1CCOCC1. The molecule has 18 nitrogen and oxygen atoms in total. The Morgan fingerprint density at radius 3 is 2.23 bits per heavy atom. The van der Waals surface area contributed by atoms with Gasteiger partial charge in [-0.15, -0.1) is 0 Å². The largest absolute Gasteiger partial charge is 0.381 e. The van der Waals surface area contributed by atoms with Gasteiger partial charge in [0.25, 0.3) is 11.8 Å². The first-order chi connectivity index (χ1) is 40.4. The average Bonchev–Trinajstić information content (AvgIpc) is 3.02. The fourth-order valence-corrected chi connectivity index (χ4v) is 12.1. The van der Waals surface area contributed by atoms with Gasteiger partial charge in [-0.1, -0.05) is 36.4 Å². The Labute approximate surface area is 487 Å². The van der Waals surface area contributed by atoms with Crippen LogP contribution in [-0.4, -0.2) is 153 Å². The quantitative estimate of drug-likeness (QED) is 0.0624. The van der Waals surface area contributed by atoms with Gasteiger partial charge in [0.2, 0.25) is 23.6 Å². The highest BCUT2D eigenvalue weighted by Crippen LogP contribution is 2.43. The molecule has 5 aliphatic heterocycles. The number of nitrogens with zero attached hydrogens (tertiary/aromatic N) is 4. The van der Waals surface area contributed by atoms with E-state index in [1.165, 1.54) is 23.1 Å². The molecule has 444 valence electrons. The predicted molar refractivity (Wildman–Crippen MR) is 312 cm³/mol. The third kappa shape index (κ3) is 13.1. The number of benzene rings is 5. The highest BCUT2D eigenvalue weighted by Gasteiger charge is 2.48. The normalized spacial score (nSPS) is 22.6. The van der Waals surface area contributed by atoms with Gasteiger partial charge in [-0.25, -0.2) is 13.2 Å². The van der Waals surface area contributed by atoms with Gasteiger partial charge in [-0.2, -0.15) is 0 Å². The summed E-state index contributed by atoms with van der Waals surface area (Å²) in [4.78, 5) is 93.7. The number of carbonyl (C=O) groups is 6. The van der Waals surface area contributed by atoms with E-state index >= 15 is 8.78 Å². The molecule has 3 saturated heterocycles. The van der Waals surface area contributed by atoms with E-state index in [-0.39, 0.29) is 72.6 Å². The second-order valence-corrected chi connectivity index (χ2v) is 23.1. The minimum absolute atomic E-state index is 0.0663. The number of hydrogen-bond acceptors (Lipinski definition) is 12. The number of rotatable bonds is 17. The monoisotopic (exact) mass is 1150 g/mol. The first kappa shape index (κ1) is 59.6. The van der Waals surface area contributed by atoms with Gasteiger partial charge in [0.1, 0.15) is 35.2 Å². The van der Waals surface area contributed by atoms with E-state index in [4.69, 9.17) is 9.47 Å². The number of hydrogen-bond donors (Lipinski definition) is 6. The van der Waals surface area contributed by atoms with Crippen molar-refractivity contribution in [1.82, 2.24) is 30.7 Å². The molecule has 3 fully saturated rings. The molecule has 0 bridgehead atoms. The van der Waals surface area contributed by atoms with Crippen molar-refractivity contribution in [3.63, 3.8) is 0 Å². The summed E-state index contributed by atoms with van der Waals surface area (Å²) in [6, 6.07) is 23.6. The molecule has 6 amide bonds. The number of para-hydroxylation sites is 1. The van der Waals surface area contributed by atoms with E-state index in [0.717, 1.165) is 49.0 Å². The lowest BCUT2D eigenvalue weighted by atomic mass is 9.83. The third-order valence-electron chi connectivity index (χ3n) is 17.2. The lowest BCUT2D eigenvalue weighted by Crippen LogP contribution is -2.62. The van der Waals surface area contributed by atoms with Gasteiger partial charge >= 0.3 is 0 Å². The van der Waals surface area contributed by atoms with E-state index in [2.05, 4.69) is 55.5 Å². The van der Waals surface area contributed by atoms with Crippen LogP contribution in [0.3, 0.4) is 0 Å². The lowest BCUT2D eigenvalue weighted by Gasteiger charge is -2.43. The highest BCUT2D eigenvalue weighted by molar-refractivity contribution is 6.08. The van der Waals surface area contributed by atoms with E-state index < -0.39 is 64.5 Å². The summed E-state index contributed by atoms with van der Waals surface area (Å²) in [6.07, 6.45) is 1.39. The zero-order chi connectivity index (χ0) is 59.4. The maximum absolute atomic E-state index is 15.0. The van der Waals surface area contributed by atoms with E-state index in [1.807, 2.05) is 25.1 Å². The molecule has 0 aliphatic carbocycles. The van der Waals surface area contributed by atoms with Gasteiger partial charge in [-0.3, -0.25) is 38.6 Å². The first-order valence-electron chi connectivity index (χ1n) is 28.8. The molecule has 0 radical (unpaired) electrons. The van der Waals surface area contributed by atoms with Crippen molar-refractivity contribution in [1.29, 1.82) is 0 Å². The summed E-state index contributed by atoms with van der Waals surface area (Å²) >= 11 is 0. The third-order valence-corrected chi connectivity index (χ3v) is 17.2. The first-order valence-corrected chi connectivity index (χ1v) is 28.8. The Bertz CT molecular complexity index is 3250. The van der Waals surface area contributed by atoms with E-state index in [9.17, 15) is 33.2 Å². The minimum atomic E-state index is -1.44. The molecule has 5 aromatic carbocycles. The van der Waals surface area contributed by atoms with Crippen molar-refractivity contribution >= 4 is 58.2 Å². The molecule has 5 heterocycles. The van der Waals surface area contributed by atoms with Crippen molar-refractivity contribution in [3.8, 4) is 0 Å². The van der Waals surface area contributed by atoms with Gasteiger partial charge in [0.05, 0.1) is 31.2 Å². The second-order valence-electron chi connectivity index (χ2n) is 23.1. The van der Waals surface area contributed by atoms with Crippen LogP contribution >= 0.6 is 0 Å². The van der Waals surface area contributed by atoms with Gasteiger partial charge in [-0.05, 0) is 154 Å². The Hall–Kier alpha value is -7.53. The number of nitrogens with one attached hydrogen (secondary N) is 6. The number of amides is 6. The second kappa shape index (κ2) is 25.8. The number of halogens is 3. The summed E-state index contributed by atoms with van der Waals surface area (Å²) in [7, 11) is 1.61. The molecule has 5 aliphatic rings. The van der Waals surface area contributed by atoms with Crippen LogP contribution in [0.15, 0.2) is 103 Å². The number of likely N-dealkylation sites (N-methyl/N-ethyl adjacent to an activating group) is 1. The zero-order valence-electron chi connectivity index (χ0n) is 47.9. The molecular formula is C63H73F3N10O8. The molecule has 5 aromatic rings. The summed E-state index contributed by atoms with van der Waals surface area (Å²) in [5.74, 6) is -5.70. The van der Waals surface area contributed by atoms with Crippen LogP contribution < -0.4 is 36.8 Å². The van der Waals surface area contributed by atoms with Gasteiger partial charge < -0.3 is 51.2 Å². The van der Waals surface area contributed by atoms with Crippen LogP contribution in [0.1, 0.15) is 84.8 Å². The number of morpholine rings is 1. The van der Waals surface area contributed by atoms with Crippen molar-refractivity contribution in [3.05, 3.63) is 154 Å². The minimum Gasteiger partial charge on any atom is -0.381 e. The van der Waals surface area contributed by atoms with Gasteiger partial charge in [0.15, 0.2) is 0 Å². The van der Waals surface area contributed by atoms with E-state index in [0.29, 0.717) is 80.3 Å². The molecular weight excluding hydrogens is 1080 g/mol. The van der Waals surface area contributed by atoms with Gasteiger partial charge in [0, 0.05) is 93.2 Å². The maximum atomic E-state index is 15.0. The zero-order valence-corrected chi connectivity index (χ0v) is 47.9. The number of carbonyl (C=O) groups excluding carboxylic acids is 6. The standard InChI is InChI=1S/C63H73F3N10O8/c1-37-31-74(48(30-68-37)33-73-23-26-84-35-38(73)2)34-54(77)76-36-63(4,50-20-11-41(28-53(50)76)27-40-9-15-45(64)16-10-40)62(82)70-46-17-12-43(13-18-46)59(79)69-47-19-14-44-32-75(57(49(44)29-47)60(80)72-56-51(65)7-6-8-52(56)66)61(81)55(42-21-24-83-25-22-42)71-58(78)39(3)67-5/h6-20,28-29,37-39,42,48,55,57,67-68H,21-27,30-36H2,1-5H3,(H,69,79)(H,70,82)(H,71,78)(H,72,80)/t37-,38-,39+,48-,55+,57+,63?/m1/s1. The highest BCUT2D eigenvalue weighted by atomic mass is 19.1. The van der Waals surface area contributed by atoms with Crippen LogP contribution in [0, 0.1) is 23.4 Å². The Balaban J connectivity index is 0.862. The fraction of sp³-hybridized carbons (Fsp3) is 0.429.